The molecule has 0 aliphatic heterocycles. The van der Waals surface area contributed by atoms with E-state index < -0.39 is 9.84 Å². The van der Waals surface area contributed by atoms with Gasteiger partial charge < -0.3 is 5.32 Å². The van der Waals surface area contributed by atoms with Crippen LogP contribution < -0.4 is 5.32 Å². The highest BCUT2D eigenvalue weighted by atomic mass is 35.5. The Kier molecular flexibility index (Phi) is 4.36. The normalized spacial score (nSPS) is 13.3. The van der Waals surface area contributed by atoms with Gasteiger partial charge in [-0.25, -0.2) is 8.42 Å². The van der Waals surface area contributed by atoms with Gasteiger partial charge in [0, 0.05) is 23.4 Å². The van der Waals surface area contributed by atoms with E-state index in [-0.39, 0.29) is 17.5 Å². The van der Waals surface area contributed by atoms with E-state index in [2.05, 4.69) is 25.9 Å². The summed E-state index contributed by atoms with van der Waals surface area (Å²) in [6.07, 6.45) is 1.16. The summed E-state index contributed by atoms with van der Waals surface area (Å²) in [5, 5.41) is 17.1. The standard InChI is InChI=1S/C11H14ClN5O2S/c1-7(11-14-16-17-15-11)13-6-8-9(12)4-3-5-10(8)20(2,18)19/h3-5,7,13H,6H2,1-2H3,(H,14,15,16,17). The zero-order chi connectivity index (χ0) is 14.8. The van der Waals surface area contributed by atoms with Crippen LogP contribution in [0.2, 0.25) is 5.02 Å². The van der Waals surface area contributed by atoms with Gasteiger partial charge in [0.25, 0.3) is 0 Å². The molecule has 0 saturated heterocycles. The average molecular weight is 316 g/mol. The first-order chi connectivity index (χ1) is 9.39. The van der Waals surface area contributed by atoms with Crippen LogP contribution in [0.1, 0.15) is 24.4 Å². The summed E-state index contributed by atoms with van der Waals surface area (Å²) >= 11 is 6.09. The van der Waals surface area contributed by atoms with Crippen LogP contribution >= 0.6 is 11.6 Å². The van der Waals surface area contributed by atoms with E-state index >= 15 is 0 Å². The molecule has 0 amide bonds. The summed E-state index contributed by atoms with van der Waals surface area (Å²) in [4.78, 5) is 0.220. The molecular formula is C11H14ClN5O2S. The number of tetrazole rings is 1. The number of rotatable bonds is 5. The molecule has 0 saturated carbocycles. The predicted molar refractivity (Wildman–Crippen MR) is 74.0 cm³/mol. The fraction of sp³-hybridized carbons (Fsp3) is 0.364. The summed E-state index contributed by atoms with van der Waals surface area (Å²) in [5.74, 6) is 0.498. The van der Waals surface area contributed by atoms with Gasteiger partial charge in [-0.15, -0.1) is 10.2 Å². The van der Waals surface area contributed by atoms with Gasteiger partial charge in [0.2, 0.25) is 0 Å². The van der Waals surface area contributed by atoms with Crippen molar-refractivity contribution >= 4 is 21.4 Å². The molecule has 2 aromatic rings. The van der Waals surface area contributed by atoms with Crippen molar-refractivity contribution in [2.75, 3.05) is 6.26 Å². The van der Waals surface area contributed by atoms with Gasteiger partial charge in [0.15, 0.2) is 15.7 Å². The summed E-state index contributed by atoms with van der Waals surface area (Å²) in [6, 6.07) is 4.63. The van der Waals surface area contributed by atoms with E-state index in [0.29, 0.717) is 16.4 Å². The van der Waals surface area contributed by atoms with Crippen LogP contribution in [-0.4, -0.2) is 35.3 Å². The molecular weight excluding hydrogens is 302 g/mol. The largest absolute Gasteiger partial charge is 0.303 e. The molecule has 0 bridgehead atoms. The summed E-state index contributed by atoms with van der Waals surface area (Å²) < 4.78 is 23.5. The summed E-state index contributed by atoms with van der Waals surface area (Å²) in [7, 11) is -3.33. The first kappa shape index (κ1) is 14.9. The lowest BCUT2D eigenvalue weighted by Crippen LogP contribution is -2.21. The molecule has 1 atom stereocenters. The summed E-state index contributed by atoms with van der Waals surface area (Å²) in [5.41, 5.74) is 0.534. The molecule has 2 N–H and O–H groups in total. The lowest BCUT2D eigenvalue weighted by molar-refractivity contribution is 0.541. The average Bonchev–Trinajstić information content (AvgIpc) is 2.89. The number of nitrogens with zero attached hydrogens (tertiary/aromatic N) is 3. The number of benzene rings is 1. The second kappa shape index (κ2) is 5.86. The van der Waals surface area contributed by atoms with Gasteiger partial charge in [0.05, 0.1) is 10.9 Å². The minimum absolute atomic E-state index is 0.183. The van der Waals surface area contributed by atoms with Gasteiger partial charge in [-0.3, -0.25) is 0 Å². The maximum absolute atomic E-state index is 11.8. The predicted octanol–water partition coefficient (Wildman–Crippen LogP) is 1.11. The fourth-order valence-corrected chi connectivity index (χ4v) is 3.01. The van der Waals surface area contributed by atoms with Crippen molar-refractivity contribution in [2.45, 2.75) is 24.4 Å². The van der Waals surface area contributed by atoms with E-state index in [1.54, 1.807) is 12.1 Å². The monoisotopic (exact) mass is 315 g/mol. The molecule has 7 nitrogen and oxygen atoms in total. The van der Waals surface area contributed by atoms with Gasteiger partial charge in [0.1, 0.15) is 0 Å². The van der Waals surface area contributed by atoms with Crippen LogP contribution in [0.3, 0.4) is 0 Å². The molecule has 0 fully saturated rings. The maximum Gasteiger partial charge on any atom is 0.191 e. The quantitative estimate of drug-likeness (QED) is 0.857. The highest BCUT2D eigenvalue weighted by Crippen LogP contribution is 2.24. The van der Waals surface area contributed by atoms with Gasteiger partial charge in [-0.05, 0) is 19.1 Å². The highest BCUT2D eigenvalue weighted by Gasteiger charge is 2.17. The number of hydrogen-bond donors (Lipinski definition) is 2. The second-order valence-electron chi connectivity index (χ2n) is 4.36. The van der Waals surface area contributed by atoms with Crippen LogP contribution in [0.15, 0.2) is 23.1 Å². The van der Waals surface area contributed by atoms with E-state index in [9.17, 15) is 8.42 Å². The van der Waals surface area contributed by atoms with Crippen LogP contribution in [0.25, 0.3) is 0 Å². The van der Waals surface area contributed by atoms with Crippen molar-refractivity contribution in [3.8, 4) is 0 Å². The van der Waals surface area contributed by atoms with Crippen LogP contribution in [-0.2, 0) is 16.4 Å². The van der Waals surface area contributed by atoms with Gasteiger partial charge >= 0.3 is 0 Å². The zero-order valence-corrected chi connectivity index (χ0v) is 12.5. The van der Waals surface area contributed by atoms with Crippen molar-refractivity contribution in [3.05, 3.63) is 34.6 Å². The smallest absolute Gasteiger partial charge is 0.191 e. The van der Waals surface area contributed by atoms with E-state index in [4.69, 9.17) is 11.6 Å². The topological polar surface area (TPSA) is 101 Å². The number of halogens is 1. The van der Waals surface area contributed by atoms with Crippen molar-refractivity contribution in [1.82, 2.24) is 25.9 Å². The van der Waals surface area contributed by atoms with Gasteiger partial charge in [-0.2, -0.15) is 5.21 Å². The van der Waals surface area contributed by atoms with Crippen molar-refractivity contribution in [1.29, 1.82) is 0 Å². The second-order valence-corrected chi connectivity index (χ2v) is 6.75. The first-order valence-corrected chi connectivity index (χ1v) is 8.10. The van der Waals surface area contributed by atoms with Crippen LogP contribution in [0, 0.1) is 0 Å². The third kappa shape index (κ3) is 3.33. The van der Waals surface area contributed by atoms with Crippen LogP contribution in [0.5, 0.6) is 0 Å². The maximum atomic E-state index is 11.8. The molecule has 0 aliphatic rings. The number of nitrogens with one attached hydrogen (secondary N) is 2. The SMILES string of the molecule is CC(NCc1c(Cl)cccc1S(C)(=O)=O)c1nn[nH]n1. The Labute approximate surface area is 121 Å². The Morgan fingerprint density at radius 2 is 2.20 bits per heavy atom. The lowest BCUT2D eigenvalue weighted by Gasteiger charge is -2.14. The number of hydrogen-bond acceptors (Lipinski definition) is 6. The molecule has 1 unspecified atom stereocenters. The Morgan fingerprint density at radius 3 is 2.80 bits per heavy atom. The molecule has 1 aromatic carbocycles. The number of aromatic nitrogens is 4. The molecule has 1 heterocycles. The minimum atomic E-state index is -3.33. The molecule has 108 valence electrons. The summed E-state index contributed by atoms with van der Waals surface area (Å²) in [6.45, 7) is 2.14. The first-order valence-electron chi connectivity index (χ1n) is 5.83. The number of aromatic amines is 1. The van der Waals surface area contributed by atoms with Crippen molar-refractivity contribution in [2.24, 2.45) is 0 Å². The Hall–Kier alpha value is -1.51. The molecule has 0 radical (unpaired) electrons. The van der Waals surface area contributed by atoms with E-state index in [1.165, 1.54) is 6.07 Å². The minimum Gasteiger partial charge on any atom is -0.303 e. The van der Waals surface area contributed by atoms with Crippen molar-refractivity contribution < 1.29 is 8.42 Å². The third-order valence-electron chi connectivity index (χ3n) is 2.81. The molecule has 0 aliphatic carbocycles. The Bertz CT molecular complexity index is 687. The third-order valence-corrected chi connectivity index (χ3v) is 4.34. The lowest BCUT2D eigenvalue weighted by atomic mass is 10.2. The Morgan fingerprint density at radius 1 is 1.45 bits per heavy atom. The number of H-pyrrole nitrogens is 1. The molecule has 9 heteroatoms. The van der Waals surface area contributed by atoms with Crippen LogP contribution in [0.4, 0.5) is 0 Å². The fourth-order valence-electron chi connectivity index (χ4n) is 1.76. The zero-order valence-electron chi connectivity index (χ0n) is 11.0. The molecule has 20 heavy (non-hydrogen) atoms. The molecule has 0 spiro atoms. The van der Waals surface area contributed by atoms with Gasteiger partial charge in [-0.1, -0.05) is 22.9 Å². The number of sulfone groups is 1. The van der Waals surface area contributed by atoms with E-state index in [1.807, 2.05) is 6.92 Å². The Balaban J connectivity index is 2.22. The molecule has 1 aromatic heterocycles. The van der Waals surface area contributed by atoms with E-state index in [0.717, 1.165) is 6.26 Å². The molecule has 2 rings (SSSR count). The highest BCUT2D eigenvalue weighted by molar-refractivity contribution is 7.90. The van der Waals surface area contributed by atoms with Crippen molar-refractivity contribution in [3.63, 3.8) is 0 Å².